The molecule has 0 saturated heterocycles. The van der Waals surface area contributed by atoms with Crippen LogP contribution in [0.3, 0.4) is 0 Å². The summed E-state index contributed by atoms with van der Waals surface area (Å²) in [6.45, 7) is 0.0622. The molecule has 178 valence electrons. The number of anilines is 2. The Hall–Kier alpha value is -3.60. The Kier molecular flexibility index (Phi) is 5.43. The van der Waals surface area contributed by atoms with E-state index in [0.717, 1.165) is 4.68 Å². The minimum absolute atomic E-state index is 0.0622. The highest BCUT2D eigenvalue weighted by atomic mass is 35.5. The number of aromatic nitrogens is 2. The van der Waals surface area contributed by atoms with E-state index in [0.29, 0.717) is 28.5 Å². The van der Waals surface area contributed by atoms with Gasteiger partial charge in [0.25, 0.3) is 5.91 Å². The third-order valence-electron chi connectivity index (χ3n) is 5.63. The molecule has 0 saturated carbocycles. The zero-order valence-electron chi connectivity index (χ0n) is 17.6. The van der Waals surface area contributed by atoms with Gasteiger partial charge in [0.15, 0.2) is 23.2 Å². The second-order valence-electron chi connectivity index (χ2n) is 7.77. The van der Waals surface area contributed by atoms with E-state index >= 15 is 0 Å². The van der Waals surface area contributed by atoms with Crippen LogP contribution < -0.4 is 24.8 Å². The van der Waals surface area contributed by atoms with Crippen LogP contribution in [0.25, 0.3) is 0 Å². The normalized spacial score (nSPS) is 18.7. The summed E-state index contributed by atoms with van der Waals surface area (Å²) in [5, 5.41) is 9.88. The Balaban J connectivity index is 1.42. The van der Waals surface area contributed by atoms with Crippen LogP contribution in [-0.4, -0.2) is 35.8 Å². The van der Waals surface area contributed by atoms with Crippen molar-refractivity contribution in [1.82, 2.24) is 9.78 Å². The van der Waals surface area contributed by atoms with Crippen LogP contribution in [0, 0.1) is 0 Å². The monoisotopic (exact) mass is 494 g/mol. The number of halogens is 4. The molecule has 0 aliphatic carbocycles. The summed E-state index contributed by atoms with van der Waals surface area (Å²) < 4.78 is 58.3. The summed E-state index contributed by atoms with van der Waals surface area (Å²) in [7, 11) is 1.45. The lowest BCUT2D eigenvalue weighted by molar-refractivity contribution is -0.173. The highest BCUT2D eigenvalue weighted by molar-refractivity contribution is 6.32. The van der Waals surface area contributed by atoms with Gasteiger partial charge in [-0.25, -0.2) is 4.68 Å². The quantitative estimate of drug-likeness (QED) is 0.519. The van der Waals surface area contributed by atoms with Crippen molar-refractivity contribution in [2.24, 2.45) is 0 Å². The van der Waals surface area contributed by atoms with E-state index < -0.39 is 24.2 Å². The van der Waals surface area contributed by atoms with Gasteiger partial charge in [-0.15, -0.1) is 0 Å². The summed E-state index contributed by atoms with van der Waals surface area (Å²) in [6.07, 6.45) is -4.89. The van der Waals surface area contributed by atoms with Crippen molar-refractivity contribution in [1.29, 1.82) is 0 Å². The van der Waals surface area contributed by atoms with Crippen molar-refractivity contribution >= 4 is 29.0 Å². The van der Waals surface area contributed by atoms with Crippen LogP contribution in [0.1, 0.15) is 34.6 Å². The van der Waals surface area contributed by atoms with Gasteiger partial charge < -0.3 is 24.8 Å². The highest BCUT2D eigenvalue weighted by Crippen LogP contribution is 2.45. The number of hydrogen-bond acceptors (Lipinski definition) is 6. The van der Waals surface area contributed by atoms with E-state index in [2.05, 4.69) is 15.7 Å². The minimum Gasteiger partial charge on any atom is -0.495 e. The fraction of sp³-hybridized carbons (Fsp3) is 0.273. The fourth-order valence-electron chi connectivity index (χ4n) is 3.97. The topological polar surface area (TPSA) is 86.6 Å². The fourth-order valence-corrected chi connectivity index (χ4v) is 4.23. The molecule has 5 rings (SSSR count). The molecule has 34 heavy (non-hydrogen) atoms. The molecular formula is C22H18ClF3N4O4. The van der Waals surface area contributed by atoms with Crippen molar-refractivity contribution in [2.75, 3.05) is 24.5 Å². The molecule has 1 amide bonds. The van der Waals surface area contributed by atoms with Crippen molar-refractivity contribution in [3.8, 4) is 17.2 Å². The Morgan fingerprint density at radius 1 is 1.21 bits per heavy atom. The first kappa shape index (κ1) is 22.2. The molecule has 0 bridgehead atoms. The molecule has 2 aromatic carbocycles. The van der Waals surface area contributed by atoms with Gasteiger partial charge in [0.2, 0.25) is 6.79 Å². The van der Waals surface area contributed by atoms with Crippen LogP contribution >= 0.6 is 11.6 Å². The molecule has 3 aromatic rings. The number of carbonyl (C=O) groups excluding carboxylic acids is 1. The second-order valence-corrected chi connectivity index (χ2v) is 8.17. The van der Waals surface area contributed by atoms with Gasteiger partial charge in [-0.1, -0.05) is 17.7 Å². The maximum atomic E-state index is 13.9. The number of fused-ring (bicyclic) bond motifs is 2. The number of benzene rings is 2. The zero-order chi connectivity index (χ0) is 24.0. The van der Waals surface area contributed by atoms with E-state index in [1.807, 2.05) is 0 Å². The van der Waals surface area contributed by atoms with Gasteiger partial charge in [-0.05, 0) is 35.9 Å². The first-order valence-electron chi connectivity index (χ1n) is 10.2. The predicted molar refractivity (Wildman–Crippen MR) is 117 cm³/mol. The molecule has 8 nitrogen and oxygen atoms in total. The Morgan fingerprint density at radius 2 is 2.00 bits per heavy atom. The van der Waals surface area contributed by atoms with Gasteiger partial charge >= 0.3 is 6.18 Å². The van der Waals surface area contributed by atoms with Crippen molar-refractivity contribution < 1.29 is 32.2 Å². The third-order valence-corrected chi connectivity index (χ3v) is 5.93. The maximum Gasteiger partial charge on any atom is 0.410 e. The molecular weight excluding hydrogens is 477 g/mol. The summed E-state index contributed by atoms with van der Waals surface area (Å²) in [4.78, 5) is 12.7. The smallest absolute Gasteiger partial charge is 0.410 e. The molecule has 0 fully saturated rings. The Bertz CT molecular complexity index is 1260. The number of ether oxygens (including phenoxy) is 3. The van der Waals surface area contributed by atoms with Crippen LogP contribution in [0.2, 0.25) is 5.02 Å². The average molecular weight is 495 g/mol. The van der Waals surface area contributed by atoms with Gasteiger partial charge in [0.1, 0.15) is 11.6 Å². The van der Waals surface area contributed by atoms with E-state index in [-0.39, 0.29) is 29.7 Å². The number of amides is 1. The van der Waals surface area contributed by atoms with E-state index in [1.165, 1.54) is 19.2 Å². The Labute approximate surface area is 196 Å². The lowest BCUT2D eigenvalue weighted by atomic mass is 9.96. The van der Waals surface area contributed by atoms with Crippen molar-refractivity contribution in [2.45, 2.75) is 24.7 Å². The summed E-state index contributed by atoms with van der Waals surface area (Å²) in [6, 6.07) is 8.29. The summed E-state index contributed by atoms with van der Waals surface area (Å²) >= 11 is 6.07. The molecule has 2 aliphatic rings. The molecule has 1 aromatic heterocycles. The zero-order valence-corrected chi connectivity index (χ0v) is 18.4. The molecule has 0 unspecified atom stereocenters. The van der Waals surface area contributed by atoms with E-state index in [4.69, 9.17) is 25.8 Å². The number of hydrogen-bond donors (Lipinski definition) is 2. The van der Waals surface area contributed by atoms with Gasteiger partial charge in [-0.3, -0.25) is 4.79 Å². The summed E-state index contributed by atoms with van der Waals surface area (Å²) in [5.74, 6) is 0.832. The average Bonchev–Trinajstić information content (AvgIpc) is 3.44. The van der Waals surface area contributed by atoms with Crippen LogP contribution in [0.15, 0.2) is 42.5 Å². The second kappa shape index (κ2) is 8.32. The lowest BCUT2D eigenvalue weighted by Crippen LogP contribution is -2.35. The standard InChI is InChI=1S/C22H18ClF3N4O4/c1-32-16-5-3-12(7-13(16)23)27-21(31)15-9-20-28-14(8-19(22(24,25)26)30(20)29-15)11-2-4-17-18(6-11)34-10-33-17/h2-7,9,14,19,28H,8,10H2,1H3,(H,27,31)/t14-,19-/m0/s1. The van der Waals surface area contributed by atoms with E-state index in [1.54, 1.807) is 30.3 Å². The van der Waals surface area contributed by atoms with Crippen molar-refractivity contribution in [3.63, 3.8) is 0 Å². The number of carbonyl (C=O) groups is 1. The van der Waals surface area contributed by atoms with Gasteiger partial charge in [-0.2, -0.15) is 18.3 Å². The minimum atomic E-state index is -4.57. The molecule has 2 aliphatic heterocycles. The van der Waals surface area contributed by atoms with Crippen LogP contribution in [0.5, 0.6) is 17.2 Å². The number of methoxy groups -OCH3 is 1. The Morgan fingerprint density at radius 3 is 2.74 bits per heavy atom. The highest BCUT2D eigenvalue weighted by Gasteiger charge is 2.47. The molecule has 0 radical (unpaired) electrons. The molecule has 0 spiro atoms. The number of rotatable bonds is 4. The largest absolute Gasteiger partial charge is 0.495 e. The summed E-state index contributed by atoms with van der Waals surface area (Å²) in [5.41, 5.74) is 0.778. The predicted octanol–water partition coefficient (Wildman–Crippen LogP) is 5.19. The maximum absolute atomic E-state index is 13.9. The van der Waals surface area contributed by atoms with Crippen molar-refractivity contribution in [3.05, 3.63) is 58.7 Å². The number of nitrogens with one attached hydrogen (secondary N) is 2. The van der Waals surface area contributed by atoms with Gasteiger partial charge in [0.05, 0.1) is 18.2 Å². The SMILES string of the molecule is COc1ccc(NC(=O)c2cc3n(n2)[C@H](C(F)(F)F)C[C@@H](c2ccc4c(c2)OCO4)N3)cc1Cl. The molecule has 2 atom stereocenters. The molecule has 12 heteroatoms. The molecule has 2 N–H and O–H groups in total. The van der Waals surface area contributed by atoms with Gasteiger partial charge in [0, 0.05) is 18.2 Å². The first-order chi connectivity index (χ1) is 16.2. The van der Waals surface area contributed by atoms with E-state index in [9.17, 15) is 18.0 Å². The first-order valence-corrected chi connectivity index (χ1v) is 10.6. The van der Waals surface area contributed by atoms with Crippen LogP contribution in [-0.2, 0) is 0 Å². The number of nitrogens with zero attached hydrogens (tertiary/aromatic N) is 2. The number of alkyl halides is 3. The molecule has 3 heterocycles. The lowest BCUT2D eigenvalue weighted by Gasteiger charge is -2.33. The third kappa shape index (κ3) is 4.07. The van der Waals surface area contributed by atoms with Crippen LogP contribution in [0.4, 0.5) is 24.7 Å².